The summed E-state index contributed by atoms with van der Waals surface area (Å²) in [5.41, 5.74) is 8.69. The predicted molar refractivity (Wildman–Crippen MR) is 75.6 cm³/mol. The van der Waals surface area contributed by atoms with Crippen LogP contribution in [0.4, 0.5) is 5.69 Å². The molecule has 0 amide bonds. The van der Waals surface area contributed by atoms with Crippen LogP contribution in [0.25, 0.3) is 10.4 Å². The van der Waals surface area contributed by atoms with Crippen molar-refractivity contribution in [2.45, 2.75) is 13.8 Å². The summed E-state index contributed by atoms with van der Waals surface area (Å²) in [6, 6.07) is 5.68. The van der Waals surface area contributed by atoms with Crippen molar-refractivity contribution >= 4 is 34.6 Å². The molecule has 0 unspecified atom stereocenters. The average Bonchev–Trinajstić information content (AvgIpc) is 2.61. The Kier molecular flexibility index (Phi) is 3.32. The third-order valence-electron chi connectivity index (χ3n) is 2.82. The molecule has 0 radical (unpaired) electrons. The Morgan fingerprint density at radius 2 is 2.06 bits per heavy atom. The molecule has 0 bridgehead atoms. The van der Waals surface area contributed by atoms with Crippen molar-refractivity contribution in [1.82, 2.24) is 0 Å². The number of hydrogen-bond acceptors (Lipinski definition) is 3. The van der Waals surface area contributed by atoms with Crippen LogP contribution in [0.2, 0.25) is 5.02 Å². The van der Waals surface area contributed by atoms with Gasteiger partial charge in [0.2, 0.25) is 0 Å². The molecule has 0 saturated carbocycles. The van der Waals surface area contributed by atoms with Crippen LogP contribution in [0.3, 0.4) is 0 Å². The summed E-state index contributed by atoms with van der Waals surface area (Å²) >= 11 is 7.42. The van der Waals surface area contributed by atoms with Crippen LogP contribution in [0.1, 0.15) is 20.8 Å². The number of carboxylic acids is 1. The molecule has 2 aromatic rings. The second kappa shape index (κ2) is 4.63. The molecule has 1 aromatic heterocycles. The number of carbonyl (C=O) groups is 1. The summed E-state index contributed by atoms with van der Waals surface area (Å²) in [6.07, 6.45) is 0. The lowest BCUT2D eigenvalue weighted by molar-refractivity contribution is 0.0703. The van der Waals surface area contributed by atoms with Gasteiger partial charge in [-0.2, -0.15) is 0 Å². The zero-order valence-corrected chi connectivity index (χ0v) is 11.5. The lowest BCUT2D eigenvalue weighted by Crippen LogP contribution is -1.97. The number of nitrogen functional groups attached to an aromatic ring is 1. The number of halogens is 1. The number of thiophene rings is 1. The van der Waals surface area contributed by atoms with Crippen molar-refractivity contribution in [3.63, 3.8) is 0 Å². The number of rotatable bonds is 2. The Labute approximate surface area is 114 Å². The van der Waals surface area contributed by atoms with E-state index in [2.05, 4.69) is 0 Å². The highest BCUT2D eigenvalue weighted by molar-refractivity contribution is 7.18. The van der Waals surface area contributed by atoms with E-state index in [1.807, 2.05) is 32.0 Å². The second-order valence-electron chi connectivity index (χ2n) is 4.04. The lowest BCUT2D eigenvalue weighted by atomic mass is 10.1. The molecule has 0 aliphatic rings. The topological polar surface area (TPSA) is 63.3 Å². The minimum atomic E-state index is -1.00. The monoisotopic (exact) mass is 281 g/mol. The van der Waals surface area contributed by atoms with Crippen LogP contribution in [0, 0.1) is 13.8 Å². The summed E-state index contributed by atoms with van der Waals surface area (Å²) in [5, 5.41) is 9.71. The molecule has 0 atom stereocenters. The Morgan fingerprint density at radius 3 is 2.61 bits per heavy atom. The molecule has 1 heterocycles. The molecule has 18 heavy (non-hydrogen) atoms. The van der Waals surface area contributed by atoms with Gasteiger partial charge in [-0.1, -0.05) is 29.8 Å². The molecule has 94 valence electrons. The number of hydrogen-bond donors (Lipinski definition) is 2. The molecule has 5 heteroatoms. The van der Waals surface area contributed by atoms with E-state index in [4.69, 9.17) is 22.4 Å². The Hall–Kier alpha value is -1.52. The van der Waals surface area contributed by atoms with E-state index in [1.165, 1.54) is 0 Å². The Balaban J connectivity index is 2.69. The van der Waals surface area contributed by atoms with E-state index in [0.717, 1.165) is 32.9 Å². The predicted octanol–water partition coefficient (Wildman–Crippen LogP) is 3.97. The molecule has 3 N–H and O–H groups in total. The summed E-state index contributed by atoms with van der Waals surface area (Å²) in [4.78, 5) is 12.1. The SMILES string of the molecule is Cc1cccc(-c2sc(C(=O)O)c(N)c2C)c1Cl. The third-order valence-corrected chi connectivity index (χ3v) is 4.65. The third kappa shape index (κ3) is 1.98. The highest BCUT2D eigenvalue weighted by Crippen LogP contribution is 2.41. The van der Waals surface area contributed by atoms with Gasteiger partial charge in [-0.3, -0.25) is 0 Å². The van der Waals surface area contributed by atoms with Crippen LogP contribution in [0.15, 0.2) is 18.2 Å². The van der Waals surface area contributed by atoms with E-state index < -0.39 is 5.97 Å². The molecular formula is C13H12ClNO2S. The van der Waals surface area contributed by atoms with Crippen LogP contribution in [-0.4, -0.2) is 11.1 Å². The highest BCUT2D eigenvalue weighted by Gasteiger charge is 2.20. The van der Waals surface area contributed by atoms with Crippen LogP contribution in [0.5, 0.6) is 0 Å². The first-order chi connectivity index (χ1) is 8.43. The number of anilines is 1. The number of carboxylic acid groups (broad SMARTS) is 1. The van der Waals surface area contributed by atoms with Crippen LogP contribution < -0.4 is 5.73 Å². The summed E-state index contributed by atoms with van der Waals surface area (Å²) in [6.45, 7) is 3.72. The second-order valence-corrected chi connectivity index (χ2v) is 5.44. The number of aryl methyl sites for hydroxylation is 1. The lowest BCUT2D eigenvalue weighted by Gasteiger charge is -2.05. The molecule has 2 rings (SSSR count). The summed E-state index contributed by atoms with van der Waals surface area (Å²) in [7, 11) is 0. The molecule has 0 fully saturated rings. The number of nitrogens with two attached hydrogens (primary N) is 1. The van der Waals surface area contributed by atoms with Gasteiger partial charge in [-0.15, -0.1) is 11.3 Å². The minimum absolute atomic E-state index is 0.167. The average molecular weight is 282 g/mol. The van der Waals surface area contributed by atoms with Gasteiger partial charge in [0.15, 0.2) is 0 Å². The van der Waals surface area contributed by atoms with Crippen molar-refractivity contribution in [1.29, 1.82) is 0 Å². The Bertz CT molecular complexity index is 634. The summed E-state index contributed by atoms with van der Waals surface area (Å²) in [5.74, 6) is -1.00. The summed E-state index contributed by atoms with van der Waals surface area (Å²) < 4.78 is 0. The number of aromatic carboxylic acids is 1. The van der Waals surface area contributed by atoms with Gasteiger partial charge in [0.05, 0.1) is 10.7 Å². The maximum Gasteiger partial charge on any atom is 0.348 e. The van der Waals surface area contributed by atoms with Gasteiger partial charge in [-0.05, 0) is 25.0 Å². The molecule has 0 aliphatic carbocycles. The van der Waals surface area contributed by atoms with Crippen LogP contribution >= 0.6 is 22.9 Å². The zero-order valence-electron chi connectivity index (χ0n) is 9.95. The van der Waals surface area contributed by atoms with E-state index in [0.29, 0.717) is 10.7 Å². The van der Waals surface area contributed by atoms with Gasteiger partial charge in [0.25, 0.3) is 0 Å². The maximum absolute atomic E-state index is 11.1. The van der Waals surface area contributed by atoms with E-state index in [-0.39, 0.29) is 4.88 Å². The quantitative estimate of drug-likeness (QED) is 0.875. The van der Waals surface area contributed by atoms with Gasteiger partial charge >= 0.3 is 5.97 Å². The standard InChI is InChI=1S/C13H12ClNO2S/c1-6-4-3-5-8(9(6)14)11-7(2)10(15)12(18-11)13(16)17/h3-5H,15H2,1-2H3,(H,16,17). The van der Waals surface area contributed by atoms with Crippen molar-refractivity contribution in [3.8, 4) is 10.4 Å². The molecule has 0 aliphatic heterocycles. The van der Waals surface area contributed by atoms with Crippen molar-refractivity contribution in [3.05, 3.63) is 39.2 Å². The molecule has 1 aromatic carbocycles. The van der Waals surface area contributed by atoms with Gasteiger partial charge in [-0.25, -0.2) is 4.79 Å². The zero-order chi connectivity index (χ0) is 13.4. The fraction of sp³-hybridized carbons (Fsp3) is 0.154. The highest BCUT2D eigenvalue weighted by atomic mass is 35.5. The molecule has 3 nitrogen and oxygen atoms in total. The van der Waals surface area contributed by atoms with E-state index in [1.54, 1.807) is 0 Å². The van der Waals surface area contributed by atoms with Gasteiger partial charge in [0.1, 0.15) is 4.88 Å². The van der Waals surface area contributed by atoms with Gasteiger partial charge in [0, 0.05) is 10.4 Å². The van der Waals surface area contributed by atoms with Crippen molar-refractivity contribution < 1.29 is 9.90 Å². The fourth-order valence-corrected chi connectivity index (χ4v) is 3.14. The maximum atomic E-state index is 11.1. The molecule has 0 saturated heterocycles. The van der Waals surface area contributed by atoms with Crippen molar-refractivity contribution in [2.75, 3.05) is 5.73 Å². The van der Waals surface area contributed by atoms with E-state index >= 15 is 0 Å². The largest absolute Gasteiger partial charge is 0.477 e. The number of benzene rings is 1. The van der Waals surface area contributed by atoms with Crippen molar-refractivity contribution in [2.24, 2.45) is 0 Å². The fourth-order valence-electron chi connectivity index (χ4n) is 1.76. The first-order valence-electron chi connectivity index (χ1n) is 5.31. The molecule has 0 spiro atoms. The first kappa shape index (κ1) is 12.9. The first-order valence-corrected chi connectivity index (χ1v) is 6.50. The Morgan fingerprint density at radius 1 is 1.39 bits per heavy atom. The smallest absolute Gasteiger partial charge is 0.348 e. The van der Waals surface area contributed by atoms with E-state index in [9.17, 15) is 4.79 Å². The van der Waals surface area contributed by atoms with Gasteiger partial charge < -0.3 is 10.8 Å². The normalized spacial score (nSPS) is 10.6. The molecular weight excluding hydrogens is 270 g/mol. The van der Waals surface area contributed by atoms with Crippen LogP contribution in [-0.2, 0) is 0 Å². The minimum Gasteiger partial charge on any atom is -0.477 e.